The molecule has 0 aromatic heterocycles. The second-order valence-electron chi connectivity index (χ2n) is 5.90. The van der Waals surface area contributed by atoms with Gasteiger partial charge in [0.25, 0.3) is 0 Å². The zero-order valence-electron chi connectivity index (χ0n) is 12.8. The summed E-state index contributed by atoms with van der Waals surface area (Å²) in [5.74, 6) is 1.70. The third kappa shape index (κ3) is 3.45. The summed E-state index contributed by atoms with van der Waals surface area (Å²) in [6.07, 6.45) is 2.66. The second-order valence-corrected chi connectivity index (χ2v) is 5.90. The fourth-order valence-electron chi connectivity index (χ4n) is 2.83. The highest BCUT2D eigenvalue weighted by molar-refractivity contribution is 5.31. The topological polar surface area (TPSA) is 21.3 Å². The van der Waals surface area contributed by atoms with Gasteiger partial charge < -0.3 is 10.1 Å². The van der Waals surface area contributed by atoms with E-state index in [1.807, 2.05) is 0 Å². The van der Waals surface area contributed by atoms with Gasteiger partial charge >= 0.3 is 0 Å². The van der Waals surface area contributed by atoms with Gasteiger partial charge in [-0.2, -0.15) is 0 Å². The summed E-state index contributed by atoms with van der Waals surface area (Å²) < 4.78 is 5.25. The van der Waals surface area contributed by atoms with Gasteiger partial charge in [-0.3, -0.25) is 0 Å². The molecular weight excluding hydrogens is 258 g/mol. The monoisotopic (exact) mass is 281 g/mol. The van der Waals surface area contributed by atoms with E-state index >= 15 is 0 Å². The third-order valence-electron chi connectivity index (χ3n) is 4.34. The Balaban J connectivity index is 1.71. The number of methoxy groups -OCH3 is 1. The fourth-order valence-corrected chi connectivity index (χ4v) is 2.83. The predicted molar refractivity (Wildman–Crippen MR) is 86.5 cm³/mol. The maximum Gasteiger partial charge on any atom is 0.118 e. The molecule has 0 bridgehead atoms. The Kier molecular flexibility index (Phi) is 4.26. The number of hydrogen-bond acceptors (Lipinski definition) is 2. The predicted octanol–water partition coefficient (Wildman–Crippen LogP) is 4.24. The summed E-state index contributed by atoms with van der Waals surface area (Å²) in [6, 6.07) is 17.5. The molecule has 2 aromatic carbocycles. The first-order valence-electron chi connectivity index (χ1n) is 7.70. The first-order chi connectivity index (χ1) is 10.3. The number of hydrogen-bond donors (Lipinski definition) is 1. The van der Waals surface area contributed by atoms with Crippen LogP contribution in [0.4, 0.5) is 0 Å². The molecular formula is C19H23NO. The van der Waals surface area contributed by atoms with E-state index in [4.69, 9.17) is 4.74 Å². The van der Waals surface area contributed by atoms with Crippen LogP contribution < -0.4 is 10.1 Å². The lowest BCUT2D eigenvalue weighted by Crippen LogP contribution is -2.23. The molecule has 2 heteroatoms. The van der Waals surface area contributed by atoms with Crippen molar-refractivity contribution in [3.63, 3.8) is 0 Å². The molecule has 1 N–H and O–H groups in total. The maximum atomic E-state index is 5.25. The van der Waals surface area contributed by atoms with Crippen molar-refractivity contribution in [1.82, 2.24) is 5.32 Å². The van der Waals surface area contributed by atoms with E-state index in [1.165, 1.54) is 29.5 Å². The van der Waals surface area contributed by atoms with Crippen LogP contribution in [0.3, 0.4) is 0 Å². The molecule has 1 unspecified atom stereocenters. The molecule has 1 aliphatic rings. The summed E-state index contributed by atoms with van der Waals surface area (Å²) in [4.78, 5) is 0. The maximum absolute atomic E-state index is 5.25. The number of ether oxygens (including phenoxy) is 1. The SMILES string of the molecule is COc1ccc(C(NCc2ccccc2C)C2CC2)cc1. The first kappa shape index (κ1) is 14.2. The van der Waals surface area contributed by atoms with Crippen LogP contribution in [0, 0.1) is 12.8 Å². The lowest BCUT2D eigenvalue weighted by molar-refractivity contribution is 0.413. The Morgan fingerprint density at radius 2 is 1.81 bits per heavy atom. The van der Waals surface area contributed by atoms with E-state index in [-0.39, 0.29) is 0 Å². The minimum absolute atomic E-state index is 0.454. The molecule has 1 saturated carbocycles. The fraction of sp³-hybridized carbons (Fsp3) is 0.368. The lowest BCUT2D eigenvalue weighted by atomic mass is 10.0. The Morgan fingerprint density at radius 3 is 2.43 bits per heavy atom. The lowest BCUT2D eigenvalue weighted by Gasteiger charge is -2.20. The molecule has 1 atom stereocenters. The van der Waals surface area contributed by atoms with Crippen molar-refractivity contribution in [1.29, 1.82) is 0 Å². The Labute approximate surface area is 127 Å². The van der Waals surface area contributed by atoms with Crippen molar-refractivity contribution in [2.24, 2.45) is 5.92 Å². The number of nitrogens with one attached hydrogen (secondary N) is 1. The van der Waals surface area contributed by atoms with Crippen molar-refractivity contribution in [2.75, 3.05) is 7.11 Å². The molecule has 21 heavy (non-hydrogen) atoms. The molecule has 110 valence electrons. The van der Waals surface area contributed by atoms with Gasteiger partial charge in [-0.15, -0.1) is 0 Å². The summed E-state index contributed by atoms with van der Waals surface area (Å²) in [5.41, 5.74) is 4.11. The summed E-state index contributed by atoms with van der Waals surface area (Å²) in [7, 11) is 1.71. The van der Waals surface area contributed by atoms with E-state index in [2.05, 4.69) is 60.8 Å². The van der Waals surface area contributed by atoms with Crippen molar-refractivity contribution in [3.8, 4) is 5.75 Å². The Bertz CT molecular complexity index is 587. The first-order valence-corrected chi connectivity index (χ1v) is 7.70. The summed E-state index contributed by atoms with van der Waals surface area (Å²) in [6.45, 7) is 3.11. The van der Waals surface area contributed by atoms with Crippen LogP contribution in [0.25, 0.3) is 0 Å². The highest BCUT2D eigenvalue weighted by Crippen LogP contribution is 2.41. The Hall–Kier alpha value is -1.80. The molecule has 3 rings (SSSR count). The van der Waals surface area contributed by atoms with E-state index in [1.54, 1.807) is 7.11 Å². The number of aryl methyl sites for hydroxylation is 1. The molecule has 0 radical (unpaired) electrons. The van der Waals surface area contributed by atoms with Gasteiger partial charge in [0, 0.05) is 12.6 Å². The van der Waals surface area contributed by atoms with Gasteiger partial charge in [0.1, 0.15) is 5.75 Å². The van der Waals surface area contributed by atoms with Crippen LogP contribution in [0.1, 0.15) is 35.6 Å². The quantitative estimate of drug-likeness (QED) is 0.855. The standard InChI is InChI=1S/C19H23NO/c1-14-5-3-4-6-17(14)13-20-19(15-7-8-15)16-9-11-18(21-2)12-10-16/h3-6,9-12,15,19-20H,7-8,13H2,1-2H3. The van der Waals surface area contributed by atoms with Crippen molar-refractivity contribution in [2.45, 2.75) is 32.4 Å². The van der Waals surface area contributed by atoms with Gasteiger partial charge in [-0.1, -0.05) is 36.4 Å². The zero-order valence-corrected chi connectivity index (χ0v) is 12.8. The van der Waals surface area contributed by atoms with Crippen molar-refractivity contribution >= 4 is 0 Å². The van der Waals surface area contributed by atoms with Crippen LogP contribution in [-0.4, -0.2) is 7.11 Å². The highest BCUT2D eigenvalue weighted by atomic mass is 16.5. The Morgan fingerprint density at radius 1 is 1.10 bits per heavy atom. The van der Waals surface area contributed by atoms with E-state index in [0.29, 0.717) is 6.04 Å². The molecule has 1 fully saturated rings. The molecule has 2 nitrogen and oxygen atoms in total. The summed E-state index contributed by atoms with van der Waals surface area (Å²) >= 11 is 0. The normalized spacial score (nSPS) is 15.7. The average Bonchev–Trinajstić information content (AvgIpc) is 3.35. The van der Waals surface area contributed by atoms with Crippen LogP contribution >= 0.6 is 0 Å². The van der Waals surface area contributed by atoms with E-state index in [9.17, 15) is 0 Å². The van der Waals surface area contributed by atoms with E-state index < -0.39 is 0 Å². The zero-order chi connectivity index (χ0) is 14.7. The van der Waals surface area contributed by atoms with Crippen LogP contribution in [-0.2, 0) is 6.54 Å². The van der Waals surface area contributed by atoms with Crippen molar-refractivity contribution in [3.05, 3.63) is 65.2 Å². The molecule has 0 saturated heterocycles. The third-order valence-corrected chi connectivity index (χ3v) is 4.34. The summed E-state index contributed by atoms with van der Waals surface area (Å²) in [5, 5.41) is 3.75. The van der Waals surface area contributed by atoms with E-state index in [0.717, 1.165) is 18.2 Å². The largest absolute Gasteiger partial charge is 0.497 e. The molecule has 2 aromatic rings. The van der Waals surface area contributed by atoms with Crippen LogP contribution in [0.15, 0.2) is 48.5 Å². The molecule has 0 amide bonds. The number of rotatable bonds is 6. The average molecular weight is 281 g/mol. The minimum Gasteiger partial charge on any atom is -0.497 e. The highest BCUT2D eigenvalue weighted by Gasteiger charge is 2.31. The van der Waals surface area contributed by atoms with Crippen LogP contribution in [0.2, 0.25) is 0 Å². The van der Waals surface area contributed by atoms with Crippen LogP contribution in [0.5, 0.6) is 5.75 Å². The molecule has 0 spiro atoms. The molecule has 0 heterocycles. The smallest absolute Gasteiger partial charge is 0.118 e. The molecule has 1 aliphatic carbocycles. The van der Waals surface area contributed by atoms with Gasteiger partial charge in [0.05, 0.1) is 7.11 Å². The van der Waals surface area contributed by atoms with Gasteiger partial charge in [-0.25, -0.2) is 0 Å². The number of benzene rings is 2. The van der Waals surface area contributed by atoms with Gasteiger partial charge in [-0.05, 0) is 54.5 Å². The van der Waals surface area contributed by atoms with Gasteiger partial charge in [0.15, 0.2) is 0 Å². The van der Waals surface area contributed by atoms with Crippen molar-refractivity contribution < 1.29 is 4.74 Å². The van der Waals surface area contributed by atoms with Gasteiger partial charge in [0.2, 0.25) is 0 Å². The second kappa shape index (κ2) is 6.31. The molecule has 0 aliphatic heterocycles. The minimum atomic E-state index is 0.454.